The van der Waals surface area contributed by atoms with Crippen LogP contribution in [-0.4, -0.2) is 49.6 Å². The number of carbonyl (C=O) groups is 3. The van der Waals surface area contributed by atoms with E-state index < -0.39 is 17.5 Å². The standard InChI is InChI=1S/C32H31N3O7S/c1-18-9-14-26(43-18)30(37)41-17-23-20(12-13-24-27(23)35(4)31(38)32(2,3)34-24)21-11-10-19(16-25(21)39-5)42-29(36)22-8-7-15-33-28(22)40-6/h7-16,34H,17H2,1-6H3. The van der Waals surface area contributed by atoms with E-state index in [4.69, 9.17) is 18.9 Å². The number of carbonyl (C=O) groups excluding carboxylic acids is 3. The number of nitrogens with zero attached hydrogens (tertiary/aromatic N) is 2. The van der Waals surface area contributed by atoms with E-state index in [2.05, 4.69) is 10.3 Å². The van der Waals surface area contributed by atoms with Gasteiger partial charge in [0.15, 0.2) is 0 Å². The molecule has 1 aliphatic rings. The number of aryl methyl sites for hydroxylation is 1. The number of benzene rings is 2. The second kappa shape index (κ2) is 11.8. The van der Waals surface area contributed by atoms with Gasteiger partial charge in [-0.1, -0.05) is 6.07 Å². The van der Waals surface area contributed by atoms with Gasteiger partial charge in [0.1, 0.15) is 34.1 Å². The van der Waals surface area contributed by atoms with Crippen LogP contribution < -0.4 is 24.4 Å². The molecule has 0 spiro atoms. The Morgan fingerprint density at radius 3 is 2.47 bits per heavy atom. The van der Waals surface area contributed by atoms with Crippen molar-refractivity contribution in [2.24, 2.45) is 0 Å². The van der Waals surface area contributed by atoms with Crippen molar-refractivity contribution in [1.82, 2.24) is 4.98 Å². The molecule has 10 nitrogen and oxygen atoms in total. The molecule has 11 heteroatoms. The normalized spacial score (nSPS) is 13.5. The highest BCUT2D eigenvalue weighted by molar-refractivity contribution is 7.13. The van der Waals surface area contributed by atoms with Crippen LogP contribution >= 0.6 is 11.3 Å². The highest BCUT2D eigenvalue weighted by Gasteiger charge is 2.39. The zero-order valence-electron chi connectivity index (χ0n) is 24.6. The molecule has 0 unspecified atom stereocenters. The van der Waals surface area contributed by atoms with Gasteiger partial charge < -0.3 is 29.2 Å². The van der Waals surface area contributed by atoms with Crippen LogP contribution in [0.4, 0.5) is 11.4 Å². The summed E-state index contributed by atoms with van der Waals surface area (Å²) in [7, 11) is 4.63. The highest BCUT2D eigenvalue weighted by Crippen LogP contribution is 2.45. The van der Waals surface area contributed by atoms with Crippen molar-refractivity contribution in [2.45, 2.75) is 32.9 Å². The molecule has 0 bridgehead atoms. The first-order chi connectivity index (χ1) is 20.5. The van der Waals surface area contributed by atoms with Gasteiger partial charge in [-0.05, 0) is 68.8 Å². The summed E-state index contributed by atoms with van der Waals surface area (Å²) in [5.74, 6) is -0.441. The van der Waals surface area contributed by atoms with Gasteiger partial charge in [0.05, 0.1) is 25.6 Å². The molecule has 1 N–H and O–H groups in total. The molecule has 0 atom stereocenters. The minimum atomic E-state index is -0.828. The van der Waals surface area contributed by atoms with Crippen molar-refractivity contribution in [3.63, 3.8) is 0 Å². The second-order valence-electron chi connectivity index (χ2n) is 10.4. The third-order valence-electron chi connectivity index (χ3n) is 7.05. The van der Waals surface area contributed by atoms with Crippen LogP contribution in [0.25, 0.3) is 11.1 Å². The summed E-state index contributed by atoms with van der Waals surface area (Å²) in [4.78, 5) is 46.2. The van der Waals surface area contributed by atoms with E-state index in [1.165, 1.54) is 31.8 Å². The minimum absolute atomic E-state index is 0.102. The van der Waals surface area contributed by atoms with E-state index in [1.807, 2.05) is 39.0 Å². The summed E-state index contributed by atoms with van der Waals surface area (Å²) >= 11 is 1.35. The van der Waals surface area contributed by atoms with Gasteiger partial charge in [-0.2, -0.15) is 0 Å². The fraction of sp³-hybridized carbons (Fsp3) is 0.250. The first-order valence-corrected chi connectivity index (χ1v) is 14.2. The Bertz CT molecular complexity index is 1730. The number of rotatable bonds is 8. The Kier molecular flexibility index (Phi) is 8.10. The number of fused-ring (bicyclic) bond motifs is 1. The van der Waals surface area contributed by atoms with Gasteiger partial charge in [-0.15, -0.1) is 11.3 Å². The van der Waals surface area contributed by atoms with Gasteiger partial charge in [-0.3, -0.25) is 4.79 Å². The van der Waals surface area contributed by atoms with E-state index in [-0.39, 0.29) is 29.7 Å². The number of nitrogens with one attached hydrogen (secondary N) is 1. The van der Waals surface area contributed by atoms with Crippen LogP contribution in [0.3, 0.4) is 0 Å². The summed E-state index contributed by atoms with van der Waals surface area (Å²) in [5.41, 5.74) is 2.61. The average Bonchev–Trinajstić information content (AvgIpc) is 3.44. The molecular weight excluding hydrogens is 570 g/mol. The topological polar surface area (TPSA) is 116 Å². The quantitative estimate of drug-likeness (QED) is 0.195. The Hall–Kier alpha value is -4.90. The maximum atomic E-state index is 13.3. The number of anilines is 2. The summed E-state index contributed by atoms with van der Waals surface area (Å²) < 4.78 is 22.3. The lowest BCUT2D eigenvalue weighted by Crippen LogP contribution is -2.52. The predicted octanol–water partition coefficient (Wildman–Crippen LogP) is 5.88. The molecular formula is C32H31N3O7S. The van der Waals surface area contributed by atoms with Crippen LogP contribution in [0.2, 0.25) is 0 Å². The predicted molar refractivity (Wildman–Crippen MR) is 163 cm³/mol. The van der Waals surface area contributed by atoms with E-state index in [1.54, 1.807) is 48.3 Å². The molecule has 0 radical (unpaired) electrons. The summed E-state index contributed by atoms with van der Waals surface area (Å²) in [6, 6.07) is 15.5. The maximum Gasteiger partial charge on any atom is 0.349 e. The molecule has 0 saturated carbocycles. The number of methoxy groups -OCH3 is 2. The van der Waals surface area contributed by atoms with Gasteiger partial charge in [0.2, 0.25) is 5.88 Å². The molecule has 2 aromatic carbocycles. The number of thiophene rings is 1. The fourth-order valence-corrected chi connectivity index (χ4v) is 5.77. The van der Waals surface area contributed by atoms with Crippen molar-refractivity contribution >= 4 is 40.6 Å². The number of aromatic nitrogens is 1. The van der Waals surface area contributed by atoms with Gasteiger partial charge in [0.25, 0.3) is 5.91 Å². The van der Waals surface area contributed by atoms with Crippen molar-refractivity contribution in [2.75, 3.05) is 31.5 Å². The Morgan fingerprint density at radius 2 is 1.77 bits per heavy atom. The van der Waals surface area contributed by atoms with E-state index in [0.29, 0.717) is 33.0 Å². The monoisotopic (exact) mass is 601 g/mol. The Morgan fingerprint density at radius 1 is 1.00 bits per heavy atom. The SMILES string of the molecule is COc1cc(OC(=O)c2cccnc2OC)ccc1-c1ccc2c(c1COC(=O)c1ccc(C)s1)N(C)C(=O)C(C)(C)N2. The van der Waals surface area contributed by atoms with Crippen molar-refractivity contribution in [3.8, 4) is 28.5 Å². The van der Waals surface area contributed by atoms with Gasteiger partial charge in [0, 0.05) is 35.3 Å². The lowest BCUT2D eigenvalue weighted by molar-refractivity contribution is -0.121. The van der Waals surface area contributed by atoms with Crippen LogP contribution in [0.15, 0.2) is 60.8 Å². The summed E-state index contributed by atoms with van der Waals surface area (Å²) in [6.45, 7) is 5.44. The molecule has 1 amide bonds. The van der Waals surface area contributed by atoms with E-state index >= 15 is 0 Å². The molecule has 1 aliphatic heterocycles. The molecule has 222 valence electrons. The Labute approximate surface area is 253 Å². The molecule has 4 aromatic rings. The van der Waals surface area contributed by atoms with Gasteiger partial charge >= 0.3 is 11.9 Å². The minimum Gasteiger partial charge on any atom is -0.496 e. The molecule has 0 aliphatic carbocycles. The number of pyridine rings is 1. The van der Waals surface area contributed by atoms with Crippen LogP contribution in [0.1, 0.15) is 44.3 Å². The highest BCUT2D eigenvalue weighted by atomic mass is 32.1. The number of likely N-dealkylation sites (N-methyl/N-ethyl adjacent to an activating group) is 1. The van der Waals surface area contributed by atoms with Gasteiger partial charge in [-0.25, -0.2) is 14.6 Å². The molecule has 0 fully saturated rings. The van der Waals surface area contributed by atoms with E-state index in [9.17, 15) is 14.4 Å². The van der Waals surface area contributed by atoms with E-state index in [0.717, 1.165) is 10.6 Å². The smallest absolute Gasteiger partial charge is 0.349 e. The number of ether oxygens (including phenoxy) is 4. The number of hydrogen-bond donors (Lipinski definition) is 1. The summed E-state index contributed by atoms with van der Waals surface area (Å²) in [6.07, 6.45) is 1.52. The molecule has 0 saturated heterocycles. The van der Waals surface area contributed by atoms with Crippen LogP contribution in [0, 0.1) is 6.92 Å². The second-order valence-corrected chi connectivity index (χ2v) is 11.7. The fourth-order valence-electron chi connectivity index (χ4n) is 5.01. The van der Waals surface area contributed by atoms with Crippen LogP contribution in [-0.2, 0) is 16.1 Å². The molecule has 43 heavy (non-hydrogen) atoms. The first-order valence-electron chi connectivity index (χ1n) is 13.4. The number of esters is 2. The Balaban J connectivity index is 1.54. The molecule has 3 heterocycles. The van der Waals surface area contributed by atoms with Crippen LogP contribution in [0.5, 0.6) is 17.4 Å². The number of amides is 1. The zero-order valence-corrected chi connectivity index (χ0v) is 25.5. The average molecular weight is 602 g/mol. The van der Waals surface area contributed by atoms with Crippen molar-refractivity contribution < 1.29 is 33.3 Å². The third-order valence-corrected chi connectivity index (χ3v) is 8.03. The van der Waals surface area contributed by atoms with Crippen molar-refractivity contribution in [1.29, 1.82) is 0 Å². The first kappa shape index (κ1) is 29.6. The largest absolute Gasteiger partial charge is 0.496 e. The van der Waals surface area contributed by atoms with Crippen molar-refractivity contribution in [3.05, 3.63) is 81.7 Å². The molecule has 2 aromatic heterocycles. The maximum absolute atomic E-state index is 13.3. The number of hydrogen-bond acceptors (Lipinski definition) is 10. The molecule has 5 rings (SSSR count). The lowest BCUT2D eigenvalue weighted by atomic mass is 9.91. The third kappa shape index (κ3) is 5.76. The lowest BCUT2D eigenvalue weighted by Gasteiger charge is -2.39. The zero-order chi connectivity index (χ0) is 30.9. The summed E-state index contributed by atoms with van der Waals surface area (Å²) in [5, 5.41) is 3.31.